The van der Waals surface area contributed by atoms with Crippen LogP contribution in [-0.4, -0.2) is 20.7 Å². The fraction of sp³-hybridized carbons (Fsp3) is 0.136. The van der Waals surface area contributed by atoms with Gasteiger partial charge < -0.3 is 9.88 Å². The second kappa shape index (κ2) is 6.36. The summed E-state index contributed by atoms with van der Waals surface area (Å²) in [6.07, 6.45) is 2.08. The van der Waals surface area contributed by atoms with Gasteiger partial charge >= 0.3 is 0 Å². The predicted molar refractivity (Wildman–Crippen MR) is 106 cm³/mol. The fourth-order valence-electron chi connectivity index (χ4n) is 3.63. The molecule has 1 amide bonds. The van der Waals surface area contributed by atoms with E-state index in [4.69, 9.17) is 0 Å². The van der Waals surface area contributed by atoms with E-state index in [0.29, 0.717) is 5.56 Å². The molecule has 0 aliphatic carbocycles. The molecule has 27 heavy (non-hydrogen) atoms. The first-order valence-corrected chi connectivity index (χ1v) is 9.11. The van der Waals surface area contributed by atoms with Crippen LogP contribution in [0.3, 0.4) is 0 Å². The molecule has 1 aliphatic heterocycles. The number of aryl methyl sites for hydroxylation is 1. The molecule has 0 saturated carbocycles. The van der Waals surface area contributed by atoms with Crippen LogP contribution in [0.1, 0.15) is 22.6 Å². The van der Waals surface area contributed by atoms with Crippen molar-refractivity contribution >= 4 is 22.4 Å². The molecule has 1 aromatic heterocycles. The van der Waals surface area contributed by atoms with Gasteiger partial charge in [0.1, 0.15) is 5.82 Å². The molecule has 2 heterocycles. The number of rotatable bonds is 3. The van der Waals surface area contributed by atoms with Crippen LogP contribution in [0.2, 0.25) is 0 Å². The van der Waals surface area contributed by atoms with Gasteiger partial charge in [0.05, 0.1) is 0 Å². The van der Waals surface area contributed by atoms with Crippen LogP contribution >= 0.6 is 0 Å². The van der Waals surface area contributed by atoms with E-state index in [9.17, 15) is 4.79 Å². The smallest absolute Gasteiger partial charge is 0.255 e. The van der Waals surface area contributed by atoms with Crippen molar-refractivity contribution in [1.82, 2.24) is 14.8 Å². The lowest BCUT2D eigenvalue weighted by molar-refractivity contribution is 0.102. The van der Waals surface area contributed by atoms with E-state index in [1.54, 1.807) is 0 Å². The predicted octanol–water partition coefficient (Wildman–Crippen LogP) is 4.30. The van der Waals surface area contributed by atoms with Crippen LogP contribution in [0.5, 0.6) is 0 Å². The molecule has 1 aliphatic rings. The molecule has 0 fully saturated rings. The van der Waals surface area contributed by atoms with Crippen molar-refractivity contribution < 1.29 is 4.79 Å². The van der Waals surface area contributed by atoms with Crippen molar-refractivity contribution in [2.45, 2.75) is 19.4 Å². The molecule has 0 saturated heterocycles. The number of carbonyl (C=O) groups is 1. The molecule has 0 radical (unpaired) electrons. The van der Waals surface area contributed by atoms with Gasteiger partial charge in [-0.15, -0.1) is 10.2 Å². The van der Waals surface area contributed by atoms with Crippen molar-refractivity contribution in [2.75, 3.05) is 5.32 Å². The first-order chi connectivity index (χ1) is 13.3. The van der Waals surface area contributed by atoms with Crippen molar-refractivity contribution in [3.63, 3.8) is 0 Å². The Hall–Kier alpha value is -3.47. The van der Waals surface area contributed by atoms with E-state index in [1.807, 2.05) is 66.7 Å². The van der Waals surface area contributed by atoms with Crippen LogP contribution in [-0.2, 0) is 13.0 Å². The molecule has 5 rings (SSSR count). The summed E-state index contributed by atoms with van der Waals surface area (Å²) in [5.74, 6) is 1.78. The molecule has 0 spiro atoms. The molecule has 1 N–H and O–H groups in total. The molecule has 3 aromatic carbocycles. The zero-order valence-corrected chi connectivity index (χ0v) is 14.7. The molecule has 0 bridgehead atoms. The quantitative estimate of drug-likeness (QED) is 0.597. The van der Waals surface area contributed by atoms with Crippen LogP contribution in [0.4, 0.5) is 5.69 Å². The fourth-order valence-corrected chi connectivity index (χ4v) is 3.63. The summed E-state index contributed by atoms with van der Waals surface area (Å²) < 4.78 is 2.16. The molecule has 4 aromatic rings. The van der Waals surface area contributed by atoms with E-state index >= 15 is 0 Å². The van der Waals surface area contributed by atoms with Gasteiger partial charge in [-0.25, -0.2) is 0 Å². The summed E-state index contributed by atoms with van der Waals surface area (Å²) in [7, 11) is 0. The van der Waals surface area contributed by atoms with Gasteiger partial charge in [-0.2, -0.15) is 0 Å². The Morgan fingerprint density at radius 3 is 2.74 bits per heavy atom. The van der Waals surface area contributed by atoms with Gasteiger partial charge in [-0.1, -0.05) is 42.5 Å². The minimum absolute atomic E-state index is 0.121. The molecular formula is C22H18N4O. The number of amides is 1. The Balaban J connectivity index is 1.42. The standard InChI is InChI=1S/C22H18N4O/c27-22(18-11-10-15-5-1-2-6-16(15)13-18)23-19-8-3-7-17(14-19)21-25-24-20-9-4-12-26(20)21/h1-3,5-8,10-11,13-14H,4,9,12H2,(H,23,27). The maximum Gasteiger partial charge on any atom is 0.255 e. The number of aromatic nitrogens is 3. The average Bonchev–Trinajstić information content (AvgIpc) is 3.31. The summed E-state index contributed by atoms with van der Waals surface area (Å²) >= 11 is 0. The Labute approximate surface area is 156 Å². The number of carbonyl (C=O) groups excluding carboxylic acids is 1. The molecular weight excluding hydrogens is 336 g/mol. The molecule has 5 heteroatoms. The third kappa shape index (κ3) is 2.87. The first kappa shape index (κ1) is 15.8. The Morgan fingerprint density at radius 2 is 1.81 bits per heavy atom. The van der Waals surface area contributed by atoms with Crippen molar-refractivity contribution in [3.8, 4) is 11.4 Å². The zero-order chi connectivity index (χ0) is 18.2. The maximum atomic E-state index is 12.7. The lowest BCUT2D eigenvalue weighted by Crippen LogP contribution is -2.11. The highest BCUT2D eigenvalue weighted by molar-refractivity contribution is 6.06. The monoisotopic (exact) mass is 354 g/mol. The Morgan fingerprint density at radius 1 is 0.926 bits per heavy atom. The van der Waals surface area contributed by atoms with Crippen LogP contribution in [0.15, 0.2) is 66.7 Å². The van der Waals surface area contributed by atoms with Crippen molar-refractivity contribution in [2.24, 2.45) is 0 Å². The SMILES string of the molecule is O=C(Nc1cccc(-c2nnc3n2CCC3)c1)c1ccc2ccccc2c1. The second-order valence-electron chi connectivity index (χ2n) is 6.79. The van der Waals surface area contributed by atoms with Gasteiger partial charge in [0.15, 0.2) is 5.82 Å². The topological polar surface area (TPSA) is 59.8 Å². The van der Waals surface area contributed by atoms with Gasteiger partial charge in [-0.3, -0.25) is 4.79 Å². The molecule has 132 valence electrons. The van der Waals surface area contributed by atoms with Gasteiger partial charge in [0.25, 0.3) is 5.91 Å². The average molecular weight is 354 g/mol. The third-order valence-electron chi connectivity index (χ3n) is 5.00. The largest absolute Gasteiger partial charge is 0.322 e. The summed E-state index contributed by atoms with van der Waals surface area (Å²) in [4.78, 5) is 12.7. The van der Waals surface area contributed by atoms with Crippen molar-refractivity contribution in [3.05, 3.63) is 78.1 Å². The molecule has 0 unspecified atom stereocenters. The Kier molecular flexibility index (Phi) is 3.71. The third-order valence-corrected chi connectivity index (χ3v) is 5.00. The van der Waals surface area contributed by atoms with Gasteiger partial charge in [-0.05, 0) is 41.5 Å². The minimum atomic E-state index is -0.121. The number of nitrogens with zero attached hydrogens (tertiary/aromatic N) is 3. The molecule has 0 atom stereocenters. The lowest BCUT2D eigenvalue weighted by atomic mass is 10.1. The van der Waals surface area contributed by atoms with E-state index in [0.717, 1.165) is 53.1 Å². The van der Waals surface area contributed by atoms with E-state index in [-0.39, 0.29) is 5.91 Å². The van der Waals surface area contributed by atoms with E-state index in [1.165, 1.54) is 0 Å². The first-order valence-electron chi connectivity index (χ1n) is 9.11. The van der Waals surface area contributed by atoms with Gasteiger partial charge in [0.2, 0.25) is 0 Å². The number of benzene rings is 3. The highest BCUT2D eigenvalue weighted by atomic mass is 16.1. The zero-order valence-electron chi connectivity index (χ0n) is 14.7. The van der Waals surface area contributed by atoms with Crippen molar-refractivity contribution in [1.29, 1.82) is 0 Å². The van der Waals surface area contributed by atoms with Gasteiger partial charge in [0, 0.05) is 29.8 Å². The minimum Gasteiger partial charge on any atom is -0.322 e. The van der Waals surface area contributed by atoms with Crippen LogP contribution < -0.4 is 5.32 Å². The summed E-state index contributed by atoms with van der Waals surface area (Å²) in [5, 5.41) is 13.8. The summed E-state index contributed by atoms with van der Waals surface area (Å²) in [6, 6.07) is 21.5. The van der Waals surface area contributed by atoms with E-state index in [2.05, 4.69) is 20.1 Å². The lowest BCUT2D eigenvalue weighted by Gasteiger charge is -2.09. The number of anilines is 1. The highest BCUT2D eigenvalue weighted by Gasteiger charge is 2.18. The van der Waals surface area contributed by atoms with Crippen LogP contribution in [0.25, 0.3) is 22.2 Å². The van der Waals surface area contributed by atoms with Crippen LogP contribution in [0, 0.1) is 0 Å². The number of hydrogen-bond donors (Lipinski definition) is 1. The summed E-state index contributed by atoms with van der Waals surface area (Å²) in [6.45, 7) is 0.950. The number of hydrogen-bond acceptors (Lipinski definition) is 3. The molecule has 5 nitrogen and oxygen atoms in total. The normalized spacial score (nSPS) is 12.9. The maximum absolute atomic E-state index is 12.7. The highest BCUT2D eigenvalue weighted by Crippen LogP contribution is 2.26. The number of nitrogens with one attached hydrogen (secondary N) is 1. The Bertz CT molecular complexity index is 1160. The summed E-state index contributed by atoms with van der Waals surface area (Å²) in [5.41, 5.74) is 2.36. The van der Waals surface area contributed by atoms with E-state index < -0.39 is 0 Å². The number of fused-ring (bicyclic) bond motifs is 2. The second-order valence-corrected chi connectivity index (χ2v) is 6.79.